The lowest BCUT2D eigenvalue weighted by Gasteiger charge is -2.12. The van der Waals surface area contributed by atoms with Crippen LogP contribution in [0.4, 0.5) is 16.2 Å². The number of ether oxygens (including phenoxy) is 2. The average Bonchev–Trinajstić information content (AvgIpc) is 3.24. The molecule has 3 aromatic rings. The van der Waals surface area contributed by atoms with Crippen molar-refractivity contribution in [3.8, 4) is 11.5 Å². The standard InChI is InChI=1S/C19H21N5O5S/c1-28-17-7-6-13(8-18(17)29-2)10-20-19(25)23-14-4-3-5-16(9-14)30(26,27)24-15-11-21-22-12-15/h3-9,11-12,24H,10H2,1-2H3,(H,21,22)(H2,20,23,25). The summed E-state index contributed by atoms with van der Waals surface area (Å²) in [7, 11) is -0.743. The van der Waals surface area contributed by atoms with Gasteiger partial charge in [-0.3, -0.25) is 9.82 Å². The molecule has 0 radical (unpaired) electrons. The van der Waals surface area contributed by atoms with E-state index in [1.807, 2.05) is 0 Å². The first-order chi connectivity index (χ1) is 14.4. The van der Waals surface area contributed by atoms with E-state index in [9.17, 15) is 13.2 Å². The van der Waals surface area contributed by atoms with Crippen molar-refractivity contribution in [2.24, 2.45) is 0 Å². The van der Waals surface area contributed by atoms with Crippen molar-refractivity contribution >= 4 is 27.4 Å². The molecule has 0 saturated carbocycles. The summed E-state index contributed by atoms with van der Waals surface area (Å²) >= 11 is 0. The number of rotatable bonds is 8. The third-order valence-corrected chi connectivity index (χ3v) is 5.43. The van der Waals surface area contributed by atoms with Gasteiger partial charge in [-0.1, -0.05) is 12.1 Å². The van der Waals surface area contributed by atoms with Gasteiger partial charge in [0.25, 0.3) is 10.0 Å². The van der Waals surface area contributed by atoms with Crippen LogP contribution in [0.2, 0.25) is 0 Å². The van der Waals surface area contributed by atoms with Gasteiger partial charge in [-0.2, -0.15) is 5.10 Å². The highest BCUT2D eigenvalue weighted by Gasteiger charge is 2.16. The molecule has 0 unspecified atom stereocenters. The Bertz CT molecular complexity index is 1120. The summed E-state index contributed by atoms with van der Waals surface area (Å²) in [5.74, 6) is 1.15. The van der Waals surface area contributed by atoms with E-state index < -0.39 is 16.1 Å². The highest BCUT2D eigenvalue weighted by atomic mass is 32.2. The molecule has 3 rings (SSSR count). The monoisotopic (exact) mass is 431 g/mol. The minimum Gasteiger partial charge on any atom is -0.493 e. The number of carbonyl (C=O) groups excluding carboxylic acids is 1. The smallest absolute Gasteiger partial charge is 0.319 e. The van der Waals surface area contributed by atoms with E-state index in [1.54, 1.807) is 31.4 Å². The van der Waals surface area contributed by atoms with Crippen LogP contribution in [0.25, 0.3) is 0 Å². The van der Waals surface area contributed by atoms with Crippen LogP contribution in [0.15, 0.2) is 59.8 Å². The van der Waals surface area contributed by atoms with Gasteiger partial charge in [-0.15, -0.1) is 0 Å². The number of nitrogens with one attached hydrogen (secondary N) is 4. The molecular weight excluding hydrogens is 410 g/mol. The fourth-order valence-electron chi connectivity index (χ4n) is 2.61. The number of urea groups is 1. The molecule has 30 heavy (non-hydrogen) atoms. The Balaban J connectivity index is 1.62. The number of carbonyl (C=O) groups is 1. The number of hydrogen-bond acceptors (Lipinski definition) is 6. The predicted molar refractivity (Wildman–Crippen MR) is 111 cm³/mol. The van der Waals surface area contributed by atoms with Gasteiger partial charge in [0, 0.05) is 18.4 Å². The molecule has 0 aliphatic rings. The maximum Gasteiger partial charge on any atom is 0.319 e. The van der Waals surface area contributed by atoms with Crippen molar-refractivity contribution in [1.29, 1.82) is 0 Å². The number of hydrogen-bond donors (Lipinski definition) is 4. The maximum absolute atomic E-state index is 12.5. The molecule has 0 atom stereocenters. The van der Waals surface area contributed by atoms with Crippen LogP contribution in [0, 0.1) is 0 Å². The number of amides is 2. The Labute approximate surface area is 173 Å². The van der Waals surface area contributed by atoms with Crippen molar-refractivity contribution < 1.29 is 22.7 Å². The summed E-state index contributed by atoms with van der Waals surface area (Å²) in [6.07, 6.45) is 2.77. The summed E-state index contributed by atoms with van der Waals surface area (Å²) in [6, 6.07) is 10.7. The van der Waals surface area contributed by atoms with Crippen molar-refractivity contribution in [3.05, 3.63) is 60.4 Å². The Morgan fingerprint density at radius 1 is 1.07 bits per heavy atom. The first-order valence-electron chi connectivity index (χ1n) is 8.78. The summed E-state index contributed by atoms with van der Waals surface area (Å²) in [6.45, 7) is 0.242. The fraction of sp³-hybridized carbons (Fsp3) is 0.158. The number of aromatic nitrogens is 2. The molecule has 0 bridgehead atoms. The number of H-pyrrole nitrogens is 1. The van der Waals surface area contributed by atoms with Crippen LogP contribution in [-0.4, -0.2) is 38.9 Å². The van der Waals surface area contributed by atoms with Gasteiger partial charge >= 0.3 is 6.03 Å². The van der Waals surface area contributed by atoms with Crippen LogP contribution in [0.3, 0.4) is 0 Å². The molecule has 10 nitrogen and oxygen atoms in total. The zero-order valence-corrected chi connectivity index (χ0v) is 17.1. The molecule has 0 aliphatic carbocycles. The number of nitrogens with zero attached hydrogens (tertiary/aromatic N) is 1. The van der Waals surface area contributed by atoms with E-state index in [-0.39, 0.29) is 11.4 Å². The Kier molecular flexibility index (Phi) is 6.42. The Morgan fingerprint density at radius 3 is 2.57 bits per heavy atom. The van der Waals surface area contributed by atoms with Gasteiger partial charge in [-0.05, 0) is 35.9 Å². The highest BCUT2D eigenvalue weighted by molar-refractivity contribution is 7.92. The quantitative estimate of drug-likeness (QED) is 0.433. The molecule has 0 aliphatic heterocycles. The van der Waals surface area contributed by atoms with Crippen LogP contribution in [0.1, 0.15) is 5.56 Å². The van der Waals surface area contributed by atoms with Gasteiger partial charge in [0.15, 0.2) is 11.5 Å². The van der Waals surface area contributed by atoms with Crippen molar-refractivity contribution in [1.82, 2.24) is 15.5 Å². The van der Waals surface area contributed by atoms with Crippen molar-refractivity contribution in [3.63, 3.8) is 0 Å². The first kappa shape index (κ1) is 21.0. The molecule has 1 heterocycles. The second-order valence-corrected chi connectivity index (χ2v) is 7.80. The van der Waals surface area contributed by atoms with Crippen LogP contribution >= 0.6 is 0 Å². The summed E-state index contributed by atoms with van der Waals surface area (Å²) in [5, 5.41) is 11.5. The second kappa shape index (κ2) is 9.18. The molecule has 2 amide bonds. The van der Waals surface area contributed by atoms with E-state index in [2.05, 4.69) is 25.6 Å². The summed E-state index contributed by atoms with van der Waals surface area (Å²) < 4.78 is 37.7. The van der Waals surface area contributed by atoms with E-state index in [0.29, 0.717) is 22.9 Å². The molecule has 0 spiro atoms. The van der Waals surface area contributed by atoms with Crippen LogP contribution < -0.4 is 24.8 Å². The summed E-state index contributed by atoms with van der Waals surface area (Å²) in [5.41, 5.74) is 1.44. The molecule has 158 valence electrons. The molecule has 11 heteroatoms. The number of aromatic amines is 1. The fourth-order valence-corrected chi connectivity index (χ4v) is 3.69. The Morgan fingerprint density at radius 2 is 1.87 bits per heavy atom. The number of methoxy groups -OCH3 is 2. The number of sulfonamides is 1. The van der Waals surface area contributed by atoms with E-state index >= 15 is 0 Å². The molecule has 1 aromatic heterocycles. The van der Waals surface area contributed by atoms with Crippen molar-refractivity contribution in [2.45, 2.75) is 11.4 Å². The maximum atomic E-state index is 12.5. The van der Waals surface area contributed by atoms with E-state index in [0.717, 1.165) is 5.56 Å². The largest absolute Gasteiger partial charge is 0.493 e. The van der Waals surface area contributed by atoms with Crippen LogP contribution in [0.5, 0.6) is 11.5 Å². The van der Waals surface area contributed by atoms with Gasteiger partial charge in [0.05, 0.1) is 31.0 Å². The Hall–Kier alpha value is -3.73. The van der Waals surface area contributed by atoms with Crippen LogP contribution in [-0.2, 0) is 16.6 Å². The highest BCUT2D eigenvalue weighted by Crippen LogP contribution is 2.27. The molecule has 2 aromatic carbocycles. The normalized spacial score (nSPS) is 10.9. The number of benzene rings is 2. The predicted octanol–water partition coefficient (Wildman–Crippen LogP) is 2.55. The van der Waals surface area contributed by atoms with Gasteiger partial charge < -0.3 is 20.1 Å². The lowest BCUT2D eigenvalue weighted by atomic mass is 10.2. The van der Waals surface area contributed by atoms with Gasteiger partial charge in [0.2, 0.25) is 0 Å². The minimum atomic E-state index is -3.82. The second-order valence-electron chi connectivity index (χ2n) is 6.12. The zero-order chi connectivity index (χ0) is 21.6. The topological polar surface area (TPSA) is 134 Å². The first-order valence-corrected chi connectivity index (χ1v) is 10.3. The third-order valence-electron chi connectivity index (χ3n) is 4.05. The lowest BCUT2D eigenvalue weighted by molar-refractivity contribution is 0.251. The summed E-state index contributed by atoms with van der Waals surface area (Å²) in [4.78, 5) is 12.2. The average molecular weight is 431 g/mol. The molecule has 0 saturated heterocycles. The minimum absolute atomic E-state index is 0.00129. The lowest BCUT2D eigenvalue weighted by Crippen LogP contribution is -2.28. The molecular formula is C19H21N5O5S. The van der Waals surface area contributed by atoms with E-state index in [1.165, 1.54) is 37.7 Å². The number of anilines is 2. The van der Waals surface area contributed by atoms with E-state index in [4.69, 9.17) is 9.47 Å². The van der Waals surface area contributed by atoms with Gasteiger partial charge in [0.1, 0.15) is 0 Å². The van der Waals surface area contributed by atoms with Gasteiger partial charge in [-0.25, -0.2) is 13.2 Å². The third kappa shape index (κ3) is 5.20. The van der Waals surface area contributed by atoms with Crippen molar-refractivity contribution in [2.75, 3.05) is 24.3 Å². The molecule has 0 fully saturated rings. The zero-order valence-electron chi connectivity index (χ0n) is 16.3. The molecule has 4 N–H and O–H groups in total. The SMILES string of the molecule is COc1ccc(CNC(=O)Nc2cccc(S(=O)(=O)Nc3cn[nH]c3)c2)cc1OC.